The first-order valence-corrected chi connectivity index (χ1v) is 11.8. The van der Waals surface area contributed by atoms with Crippen molar-refractivity contribution in [2.45, 2.75) is 125 Å². The molecule has 2 heterocycles. The summed E-state index contributed by atoms with van der Waals surface area (Å²) < 4.78 is 0. The third-order valence-electron chi connectivity index (χ3n) is 6.69. The van der Waals surface area contributed by atoms with Crippen molar-refractivity contribution in [2.24, 2.45) is 11.3 Å². The molecule has 27 heavy (non-hydrogen) atoms. The average molecular weight is 381 g/mol. The van der Waals surface area contributed by atoms with E-state index >= 15 is 0 Å². The van der Waals surface area contributed by atoms with E-state index < -0.39 is 0 Å². The summed E-state index contributed by atoms with van der Waals surface area (Å²) in [5.74, 6) is 1.01. The second kappa shape index (κ2) is 10.6. The molecule has 3 fully saturated rings. The monoisotopic (exact) mass is 380 g/mol. The van der Waals surface area contributed by atoms with Crippen molar-refractivity contribution in [3.8, 4) is 0 Å². The van der Waals surface area contributed by atoms with Gasteiger partial charge in [0.05, 0.1) is 0 Å². The van der Waals surface area contributed by atoms with Crippen LogP contribution in [0.15, 0.2) is 0 Å². The number of nitrogens with zero attached hydrogens (tertiary/aromatic N) is 2. The van der Waals surface area contributed by atoms with Gasteiger partial charge in [0, 0.05) is 11.1 Å². The highest BCUT2D eigenvalue weighted by Gasteiger charge is 2.27. The van der Waals surface area contributed by atoms with Crippen LogP contribution >= 0.6 is 0 Å². The molecule has 2 heteroatoms. The minimum absolute atomic E-state index is 0.403. The van der Waals surface area contributed by atoms with Crippen LogP contribution < -0.4 is 0 Å². The van der Waals surface area contributed by atoms with E-state index in [-0.39, 0.29) is 0 Å². The van der Waals surface area contributed by atoms with Crippen LogP contribution in [0.2, 0.25) is 0 Å². The summed E-state index contributed by atoms with van der Waals surface area (Å²) in [6, 6.07) is 0. The van der Waals surface area contributed by atoms with Crippen LogP contribution in [0.4, 0.5) is 0 Å². The summed E-state index contributed by atoms with van der Waals surface area (Å²) >= 11 is 0. The summed E-state index contributed by atoms with van der Waals surface area (Å²) in [5, 5.41) is 0. The van der Waals surface area contributed by atoms with Gasteiger partial charge in [-0.25, -0.2) is 0 Å². The first-order chi connectivity index (χ1) is 12.3. The summed E-state index contributed by atoms with van der Waals surface area (Å²) in [4.78, 5) is 5.07. The maximum Gasteiger partial charge on any atom is 0.0125 e. The Hall–Kier alpha value is -0.0800. The first kappa shape index (κ1) is 25.0. The van der Waals surface area contributed by atoms with E-state index in [4.69, 9.17) is 0 Å². The Bertz CT molecular complexity index is 378. The molecule has 3 rings (SSSR count). The van der Waals surface area contributed by atoms with Gasteiger partial charge in [0.25, 0.3) is 0 Å². The zero-order valence-corrected chi connectivity index (χ0v) is 20.5. The molecule has 0 unspecified atom stereocenters. The molecule has 0 radical (unpaired) electrons. The molecule has 0 aromatic rings. The Morgan fingerprint density at radius 1 is 0.481 bits per heavy atom. The van der Waals surface area contributed by atoms with Gasteiger partial charge in [0.1, 0.15) is 0 Å². The van der Waals surface area contributed by atoms with Crippen LogP contribution in [-0.2, 0) is 0 Å². The van der Waals surface area contributed by atoms with E-state index in [1.54, 1.807) is 0 Å². The average Bonchev–Trinajstić information content (AvgIpc) is 2.99. The number of hydrogen-bond donors (Lipinski definition) is 0. The van der Waals surface area contributed by atoms with Crippen molar-refractivity contribution in [3.05, 3.63) is 0 Å². The summed E-state index contributed by atoms with van der Waals surface area (Å²) in [6.07, 6.45) is 11.5. The van der Waals surface area contributed by atoms with Crippen LogP contribution in [0, 0.1) is 11.3 Å². The summed E-state index contributed by atoms with van der Waals surface area (Å²) in [5.41, 5.74) is 1.41. The fourth-order valence-electron chi connectivity index (χ4n) is 4.34. The van der Waals surface area contributed by atoms with Gasteiger partial charge in [-0.05, 0) is 111 Å². The Morgan fingerprint density at radius 3 is 1.04 bits per heavy atom. The fraction of sp³-hybridized carbons (Fsp3) is 1.00. The lowest BCUT2D eigenvalue weighted by Gasteiger charge is -2.42. The summed E-state index contributed by atoms with van der Waals surface area (Å²) in [6.45, 7) is 26.0. The van der Waals surface area contributed by atoms with Gasteiger partial charge < -0.3 is 0 Å². The molecule has 0 spiro atoms. The zero-order chi connectivity index (χ0) is 20.7. The lowest BCUT2D eigenvalue weighted by Crippen LogP contribution is -2.49. The smallest absolute Gasteiger partial charge is 0.0125 e. The normalized spacial score (nSPS) is 23.0. The standard InChI is InChI=1S/C9H19N.C9H18.C7H15N/c1-9(2,3)10-7-5-4-6-8-10;1-9(2,3)8-6-4-5-7-8;1-7(2,3)8-5-4-6-8/h4-8H2,1-3H3;8H,4-7H2,1-3H3;4-6H2,1-3H3. The van der Waals surface area contributed by atoms with Gasteiger partial charge in [0.15, 0.2) is 0 Å². The highest BCUT2D eigenvalue weighted by molar-refractivity contribution is 4.82. The molecule has 2 nitrogen and oxygen atoms in total. The molecule has 162 valence electrons. The van der Waals surface area contributed by atoms with Crippen molar-refractivity contribution >= 4 is 0 Å². The van der Waals surface area contributed by atoms with Gasteiger partial charge >= 0.3 is 0 Å². The highest BCUT2D eigenvalue weighted by atomic mass is 15.2. The Morgan fingerprint density at radius 2 is 0.852 bits per heavy atom. The maximum atomic E-state index is 2.58. The topological polar surface area (TPSA) is 6.48 Å². The van der Waals surface area contributed by atoms with Gasteiger partial charge in [-0.1, -0.05) is 40.0 Å². The van der Waals surface area contributed by atoms with Gasteiger partial charge in [-0.15, -0.1) is 0 Å². The Labute approximate surface area is 172 Å². The fourth-order valence-corrected chi connectivity index (χ4v) is 4.34. The van der Waals surface area contributed by atoms with Crippen LogP contribution in [-0.4, -0.2) is 47.1 Å². The number of likely N-dealkylation sites (tertiary alicyclic amines) is 2. The quantitative estimate of drug-likeness (QED) is 0.447. The van der Waals surface area contributed by atoms with Crippen LogP contribution in [0.25, 0.3) is 0 Å². The molecular formula is C25H52N2. The molecule has 0 aromatic carbocycles. The number of piperidine rings is 1. The van der Waals surface area contributed by atoms with Crippen LogP contribution in [0.3, 0.4) is 0 Å². The summed E-state index contributed by atoms with van der Waals surface area (Å²) in [7, 11) is 0. The highest BCUT2D eigenvalue weighted by Crippen LogP contribution is 2.38. The van der Waals surface area contributed by atoms with E-state index in [1.165, 1.54) is 77.5 Å². The van der Waals surface area contributed by atoms with Crippen molar-refractivity contribution < 1.29 is 0 Å². The van der Waals surface area contributed by atoms with Gasteiger partial charge in [0.2, 0.25) is 0 Å². The maximum absolute atomic E-state index is 2.58. The van der Waals surface area contributed by atoms with E-state index in [0.29, 0.717) is 16.5 Å². The Kier molecular flexibility index (Phi) is 9.82. The van der Waals surface area contributed by atoms with E-state index in [9.17, 15) is 0 Å². The third-order valence-corrected chi connectivity index (χ3v) is 6.69. The Balaban J connectivity index is 0.000000204. The van der Waals surface area contributed by atoms with Crippen molar-refractivity contribution in [2.75, 3.05) is 26.2 Å². The van der Waals surface area contributed by atoms with Crippen molar-refractivity contribution in [3.63, 3.8) is 0 Å². The zero-order valence-electron chi connectivity index (χ0n) is 20.5. The molecule has 3 aliphatic rings. The van der Waals surface area contributed by atoms with Crippen molar-refractivity contribution in [1.82, 2.24) is 9.80 Å². The van der Waals surface area contributed by atoms with Gasteiger partial charge in [-0.3, -0.25) is 9.80 Å². The number of hydrogen-bond acceptors (Lipinski definition) is 2. The van der Waals surface area contributed by atoms with E-state index in [1.807, 2.05) is 0 Å². The molecule has 0 N–H and O–H groups in total. The lowest BCUT2D eigenvalue weighted by atomic mass is 9.80. The molecule has 2 saturated heterocycles. The second-order valence-corrected chi connectivity index (χ2v) is 12.1. The molecule has 0 amide bonds. The lowest BCUT2D eigenvalue weighted by molar-refractivity contribution is 0.0690. The molecule has 2 aliphatic heterocycles. The predicted molar refractivity (Wildman–Crippen MR) is 123 cm³/mol. The molecule has 1 saturated carbocycles. The molecule has 0 atom stereocenters. The van der Waals surface area contributed by atoms with E-state index in [2.05, 4.69) is 72.1 Å². The molecule has 0 bridgehead atoms. The first-order valence-electron chi connectivity index (χ1n) is 11.8. The van der Waals surface area contributed by atoms with Gasteiger partial charge in [-0.2, -0.15) is 0 Å². The van der Waals surface area contributed by atoms with Crippen LogP contribution in [0.5, 0.6) is 0 Å². The van der Waals surface area contributed by atoms with Crippen LogP contribution in [0.1, 0.15) is 114 Å². The minimum atomic E-state index is 0.403. The largest absolute Gasteiger partial charge is 0.298 e. The molecule has 0 aromatic heterocycles. The van der Waals surface area contributed by atoms with E-state index in [0.717, 1.165) is 5.92 Å². The number of rotatable bonds is 0. The minimum Gasteiger partial charge on any atom is -0.298 e. The molecule has 1 aliphatic carbocycles. The SMILES string of the molecule is CC(C)(C)C1CCCC1.CC(C)(C)N1CCC1.CC(C)(C)N1CCCCC1. The van der Waals surface area contributed by atoms with Crippen molar-refractivity contribution in [1.29, 1.82) is 0 Å². The second-order valence-electron chi connectivity index (χ2n) is 12.1. The molecular weight excluding hydrogens is 328 g/mol. The third kappa shape index (κ3) is 9.79. The predicted octanol–water partition coefficient (Wildman–Crippen LogP) is 6.98.